The molecule has 0 fully saturated rings. The van der Waals surface area contributed by atoms with Crippen molar-refractivity contribution in [1.82, 2.24) is 15.1 Å². The molecular weight excluding hydrogens is 257 g/mol. The van der Waals surface area contributed by atoms with E-state index in [1.54, 1.807) is 13.8 Å². The number of carbonyl (C=O) groups is 1. The van der Waals surface area contributed by atoms with Gasteiger partial charge in [0.1, 0.15) is 0 Å². The third-order valence-electron chi connectivity index (χ3n) is 1.93. The second kappa shape index (κ2) is 5.30. The Bertz CT molecular complexity index is 388. The van der Waals surface area contributed by atoms with Crippen LogP contribution in [0.25, 0.3) is 0 Å². The number of nitrogens with zero attached hydrogens (tertiary/aromatic N) is 3. The van der Waals surface area contributed by atoms with Gasteiger partial charge in [-0.05, 0) is 13.8 Å². The fourth-order valence-electron chi connectivity index (χ4n) is 1.07. The number of rotatable bonds is 3. The highest BCUT2D eigenvalue weighted by Crippen LogP contribution is 2.32. The minimum Gasteiger partial charge on any atom is -0.325 e. The molecule has 1 aromatic rings. The van der Waals surface area contributed by atoms with Gasteiger partial charge in [0.2, 0.25) is 10.1 Å². The third kappa shape index (κ3) is 3.55. The molecule has 0 aliphatic heterocycles. The molecule has 0 unspecified atom stereocenters. The summed E-state index contributed by atoms with van der Waals surface area (Å²) in [5.41, 5.74) is 0. The average molecular weight is 268 g/mol. The Hall–Kier alpha value is -1.38. The average Bonchev–Trinajstić information content (AvgIpc) is 2.67. The molecular formula is C8H11F3N4OS. The number of nitrogens with one attached hydrogen (secondary N) is 1. The highest BCUT2D eigenvalue weighted by molar-refractivity contribution is 7.15. The quantitative estimate of drug-likeness (QED) is 0.916. The van der Waals surface area contributed by atoms with Crippen LogP contribution in [0.5, 0.6) is 0 Å². The second-order valence-corrected chi connectivity index (χ2v) is 3.99. The lowest BCUT2D eigenvalue weighted by molar-refractivity contribution is -0.138. The van der Waals surface area contributed by atoms with E-state index in [-0.39, 0.29) is 5.13 Å². The highest BCUT2D eigenvalue weighted by atomic mass is 32.1. The number of urea groups is 1. The number of aromatic nitrogens is 2. The summed E-state index contributed by atoms with van der Waals surface area (Å²) in [5.74, 6) is 0. The van der Waals surface area contributed by atoms with Gasteiger partial charge < -0.3 is 4.90 Å². The van der Waals surface area contributed by atoms with E-state index in [0.717, 1.165) is 0 Å². The van der Waals surface area contributed by atoms with E-state index in [1.165, 1.54) is 4.90 Å². The molecule has 1 rings (SSSR count). The molecule has 1 aromatic heterocycles. The molecule has 9 heteroatoms. The lowest BCUT2D eigenvalue weighted by Gasteiger charge is -2.17. The van der Waals surface area contributed by atoms with Gasteiger partial charge in [0.05, 0.1) is 0 Å². The largest absolute Gasteiger partial charge is 0.445 e. The van der Waals surface area contributed by atoms with Crippen LogP contribution < -0.4 is 5.32 Å². The zero-order valence-electron chi connectivity index (χ0n) is 9.21. The highest BCUT2D eigenvalue weighted by Gasteiger charge is 2.35. The number of hydrogen-bond acceptors (Lipinski definition) is 4. The van der Waals surface area contributed by atoms with Crippen molar-refractivity contribution in [2.24, 2.45) is 0 Å². The molecule has 0 atom stereocenters. The summed E-state index contributed by atoms with van der Waals surface area (Å²) in [7, 11) is 0. The lowest BCUT2D eigenvalue weighted by Crippen LogP contribution is -2.34. The molecule has 0 radical (unpaired) electrons. The first-order chi connectivity index (χ1) is 7.88. The number of hydrogen-bond donors (Lipinski definition) is 1. The van der Waals surface area contributed by atoms with E-state index in [9.17, 15) is 18.0 Å². The second-order valence-electron chi connectivity index (χ2n) is 3.01. The van der Waals surface area contributed by atoms with Gasteiger partial charge in [-0.15, -0.1) is 10.2 Å². The van der Waals surface area contributed by atoms with Crippen LogP contribution in [0.4, 0.5) is 23.1 Å². The molecule has 17 heavy (non-hydrogen) atoms. The molecule has 1 N–H and O–H groups in total. The van der Waals surface area contributed by atoms with Crippen molar-refractivity contribution in [1.29, 1.82) is 0 Å². The van der Waals surface area contributed by atoms with Gasteiger partial charge in [0, 0.05) is 13.1 Å². The SMILES string of the molecule is CCN(CC)C(=O)Nc1nnc(C(F)(F)F)s1. The Morgan fingerprint density at radius 3 is 2.35 bits per heavy atom. The lowest BCUT2D eigenvalue weighted by atomic mass is 10.5. The number of anilines is 1. The smallest absolute Gasteiger partial charge is 0.325 e. The van der Waals surface area contributed by atoms with Crippen LogP contribution in [0.15, 0.2) is 0 Å². The van der Waals surface area contributed by atoms with Crippen molar-refractivity contribution >= 4 is 22.5 Å². The number of carbonyl (C=O) groups excluding carboxylic acids is 1. The Labute approximate surface area is 99.6 Å². The minimum absolute atomic E-state index is 0.158. The van der Waals surface area contributed by atoms with Crippen LogP contribution in [0.3, 0.4) is 0 Å². The van der Waals surface area contributed by atoms with Crippen LogP contribution in [0.2, 0.25) is 0 Å². The molecule has 0 aliphatic rings. The maximum Gasteiger partial charge on any atom is 0.445 e. The van der Waals surface area contributed by atoms with Crippen LogP contribution in [-0.2, 0) is 6.18 Å². The molecule has 0 saturated carbocycles. The first kappa shape index (κ1) is 13.7. The van der Waals surface area contributed by atoms with E-state index in [1.807, 2.05) is 0 Å². The maximum atomic E-state index is 12.2. The summed E-state index contributed by atoms with van der Waals surface area (Å²) in [6.45, 7) is 4.47. The molecule has 96 valence electrons. The number of alkyl halides is 3. The van der Waals surface area contributed by atoms with E-state index >= 15 is 0 Å². The molecule has 0 spiro atoms. The Morgan fingerprint density at radius 1 is 1.35 bits per heavy atom. The predicted octanol–water partition coefficient (Wildman–Crippen LogP) is 2.43. The monoisotopic (exact) mass is 268 g/mol. The van der Waals surface area contributed by atoms with E-state index in [2.05, 4.69) is 15.5 Å². The molecule has 0 aliphatic carbocycles. The minimum atomic E-state index is -4.53. The fourth-order valence-corrected chi connectivity index (χ4v) is 1.67. The van der Waals surface area contributed by atoms with Crippen LogP contribution in [0, 0.1) is 0 Å². The van der Waals surface area contributed by atoms with Gasteiger partial charge in [-0.1, -0.05) is 11.3 Å². The fraction of sp³-hybridized carbons (Fsp3) is 0.625. The number of amides is 2. The summed E-state index contributed by atoms with van der Waals surface area (Å²) in [4.78, 5) is 12.9. The summed E-state index contributed by atoms with van der Waals surface area (Å²) in [5, 5.41) is 7.26. The Kier molecular flexibility index (Phi) is 4.27. The van der Waals surface area contributed by atoms with Crippen molar-refractivity contribution in [2.75, 3.05) is 18.4 Å². The first-order valence-corrected chi connectivity index (χ1v) is 5.66. The summed E-state index contributed by atoms with van der Waals surface area (Å²) >= 11 is 0.301. The van der Waals surface area contributed by atoms with Crippen LogP contribution in [0.1, 0.15) is 18.9 Å². The summed E-state index contributed by atoms with van der Waals surface area (Å²) in [6, 6.07) is -0.486. The van der Waals surface area contributed by atoms with Crippen molar-refractivity contribution < 1.29 is 18.0 Å². The topological polar surface area (TPSA) is 58.1 Å². The van der Waals surface area contributed by atoms with Gasteiger partial charge in [-0.2, -0.15) is 13.2 Å². The van der Waals surface area contributed by atoms with Gasteiger partial charge in [0.15, 0.2) is 0 Å². The van der Waals surface area contributed by atoms with E-state index in [0.29, 0.717) is 24.4 Å². The standard InChI is InChI=1S/C8H11F3N4OS/c1-3-15(4-2)7(16)12-6-14-13-5(17-6)8(9,10)11/h3-4H2,1-2H3,(H,12,14,16). The number of halogens is 3. The maximum absolute atomic E-state index is 12.2. The zero-order chi connectivity index (χ0) is 13.1. The van der Waals surface area contributed by atoms with Crippen molar-refractivity contribution in [3.63, 3.8) is 0 Å². The zero-order valence-corrected chi connectivity index (χ0v) is 10.0. The van der Waals surface area contributed by atoms with Crippen LogP contribution in [-0.4, -0.2) is 34.2 Å². The summed E-state index contributed by atoms with van der Waals surface area (Å²) < 4.78 is 36.6. The molecule has 2 amide bonds. The molecule has 0 saturated heterocycles. The Balaban J connectivity index is 2.70. The van der Waals surface area contributed by atoms with E-state index in [4.69, 9.17) is 0 Å². The molecule has 0 aromatic carbocycles. The van der Waals surface area contributed by atoms with Crippen molar-refractivity contribution in [3.8, 4) is 0 Å². The van der Waals surface area contributed by atoms with Gasteiger partial charge in [0.25, 0.3) is 0 Å². The molecule has 1 heterocycles. The molecule has 5 nitrogen and oxygen atoms in total. The Morgan fingerprint density at radius 2 is 1.94 bits per heavy atom. The third-order valence-corrected chi connectivity index (χ3v) is 2.82. The van der Waals surface area contributed by atoms with Crippen LogP contribution >= 0.6 is 11.3 Å². The normalized spacial score (nSPS) is 11.4. The first-order valence-electron chi connectivity index (χ1n) is 4.85. The predicted molar refractivity (Wildman–Crippen MR) is 56.9 cm³/mol. The molecule has 0 bridgehead atoms. The van der Waals surface area contributed by atoms with Gasteiger partial charge in [-0.25, -0.2) is 4.79 Å². The van der Waals surface area contributed by atoms with E-state index < -0.39 is 17.2 Å². The van der Waals surface area contributed by atoms with Gasteiger partial charge >= 0.3 is 12.2 Å². The summed E-state index contributed by atoms with van der Waals surface area (Å²) in [6.07, 6.45) is -4.53. The van der Waals surface area contributed by atoms with Crippen molar-refractivity contribution in [3.05, 3.63) is 5.01 Å². The van der Waals surface area contributed by atoms with Crippen molar-refractivity contribution in [2.45, 2.75) is 20.0 Å². The van der Waals surface area contributed by atoms with Gasteiger partial charge in [-0.3, -0.25) is 5.32 Å².